The van der Waals surface area contributed by atoms with E-state index < -0.39 is 5.54 Å². The second-order valence-corrected chi connectivity index (χ2v) is 3.68. The minimum absolute atomic E-state index is 0. The summed E-state index contributed by atoms with van der Waals surface area (Å²) < 4.78 is 0. The van der Waals surface area contributed by atoms with Crippen molar-refractivity contribution >= 4 is 5.91 Å². The minimum Gasteiger partial charge on any atom is -0.412 e. The average Bonchev–Trinajstić information content (AvgIpc) is 2.16. The summed E-state index contributed by atoms with van der Waals surface area (Å²) in [6.45, 7) is 4.81. The van der Waals surface area contributed by atoms with E-state index >= 15 is 0 Å². The van der Waals surface area contributed by atoms with E-state index in [1.807, 2.05) is 13.8 Å². The lowest BCUT2D eigenvalue weighted by Crippen LogP contribution is -2.53. The number of aliphatic hydroxyl groups is 2. The molecule has 86 valence electrons. The van der Waals surface area contributed by atoms with Gasteiger partial charge in [0.25, 0.3) is 0 Å². The molecule has 0 aromatic heterocycles. The van der Waals surface area contributed by atoms with Crippen LogP contribution in [0.15, 0.2) is 0 Å². The van der Waals surface area contributed by atoms with Crippen molar-refractivity contribution in [2.45, 2.75) is 32.7 Å². The molecule has 0 aliphatic heterocycles. The SMILES string of the molecule is CCC(C)C(=O)NC(C)(CO)CO.O. The van der Waals surface area contributed by atoms with Crippen LogP contribution in [0.3, 0.4) is 0 Å². The normalized spacial score (nSPS) is 12.9. The van der Waals surface area contributed by atoms with Crippen LogP contribution in [0.4, 0.5) is 0 Å². The summed E-state index contributed by atoms with van der Waals surface area (Å²) in [5.74, 6) is -0.217. The lowest BCUT2D eigenvalue weighted by Gasteiger charge is -2.27. The van der Waals surface area contributed by atoms with Crippen molar-refractivity contribution in [3.8, 4) is 0 Å². The maximum absolute atomic E-state index is 11.4. The van der Waals surface area contributed by atoms with Crippen LogP contribution in [-0.2, 0) is 4.79 Å². The molecule has 0 saturated carbocycles. The molecule has 0 bridgehead atoms. The van der Waals surface area contributed by atoms with E-state index in [9.17, 15) is 4.79 Å². The van der Waals surface area contributed by atoms with Gasteiger partial charge in [0, 0.05) is 5.92 Å². The van der Waals surface area contributed by atoms with Gasteiger partial charge in [0.05, 0.1) is 18.8 Å². The van der Waals surface area contributed by atoms with Crippen molar-refractivity contribution in [2.24, 2.45) is 5.92 Å². The van der Waals surface area contributed by atoms with E-state index in [-0.39, 0.29) is 30.5 Å². The number of carbonyl (C=O) groups is 1. The maximum Gasteiger partial charge on any atom is 0.223 e. The van der Waals surface area contributed by atoms with Gasteiger partial charge in [-0.1, -0.05) is 13.8 Å². The lowest BCUT2D eigenvalue weighted by molar-refractivity contribution is -0.127. The van der Waals surface area contributed by atoms with E-state index in [1.165, 1.54) is 0 Å². The first-order valence-electron chi connectivity index (χ1n) is 4.53. The lowest BCUT2D eigenvalue weighted by atomic mass is 10.0. The van der Waals surface area contributed by atoms with Gasteiger partial charge in [0.1, 0.15) is 0 Å². The Morgan fingerprint density at radius 1 is 1.43 bits per heavy atom. The molecule has 0 heterocycles. The van der Waals surface area contributed by atoms with E-state index in [0.29, 0.717) is 0 Å². The Hall–Kier alpha value is -0.650. The van der Waals surface area contributed by atoms with Crippen molar-refractivity contribution in [3.63, 3.8) is 0 Å². The first-order valence-corrected chi connectivity index (χ1v) is 4.53. The van der Waals surface area contributed by atoms with Crippen molar-refractivity contribution in [1.29, 1.82) is 0 Å². The summed E-state index contributed by atoms with van der Waals surface area (Å²) in [6, 6.07) is 0. The molecule has 0 aromatic rings. The highest BCUT2D eigenvalue weighted by molar-refractivity contribution is 5.79. The van der Waals surface area contributed by atoms with Gasteiger partial charge >= 0.3 is 0 Å². The quantitative estimate of drug-likeness (QED) is 0.542. The van der Waals surface area contributed by atoms with Crippen LogP contribution in [0.25, 0.3) is 0 Å². The molecule has 0 fully saturated rings. The summed E-state index contributed by atoms with van der Waals surface area (Å²) in [5.41, 5.74) is -0.902. The molecule has 0 rings (SSSR count). The second kappa shape index (κ2) is 6.75. The Balaban J connectivity index is 0. The van der Waals surface area contributed by atoms with Crippen LogP contribution in [-0.4, -0.2) is 40.3 Å². The number of rotatable bonds is 5. The van der Waals surface area contributed by atoms with Crippen LogP contribution >= 0.6 is 0 Å². The van der Waals surface area contributed by atoms with Crippen LogP contribution in [0, 0.1) is 5.92 Å². The molecular formula is C9H21NO4. The fraction of sp³-hybridized carbons (Fsp3) is 0.889. The van der Waals surface area contributed by atoms with E-state index in [1.54, 1.807) is 6.92 Å². The number of hydrogen-bond acceptors (Lipinski definition) is 3. The summed E-state index contributed by atoms with van der Waals surface area (Å²) in [5, 5.41) is 20.4. The van der Waals surface area contributed by atoms with Crippen molar-refractivity contribution < 1.29 is 20.5 Å². The predicted octanol–water partition coefficient (Wildman–Crippen LogP) is -0.933. The molecule has 5 heteroatoms. The Bertz CT molecular complexity index is 168. The number of amides is 1. The summed E-state index contributed by atoms with van der Waals surface area (Å²) in [6.07, 6.45) is 0.749. The zero-order valence-electron chi connectivity index (χ0n) is 9.00. The number of aliphatic hydroxyl groups excluding tert-OH is 2. The van der Waals surface area contributed by atoms with Crippen molar-refractivity contribution in [2.75, 3.05) is 13.2 Å². The molecule has 5 nitrogen and oxygen atoms in total. The summed E-state index contributed by atoms with van der Waals surface area (Å²) >= 11 is 0. The number of nitrogens with one attached hydrogen (secondary N) is 1. The van der Waals surface area contributed by atoms with Gasteiger partial charge in [-0.15, -0.1) is 0 Å². The van der Waals surface area contributed by atoms with Gasteiger partial charge in [-0.05, 0) is 13.3 Å². The first-order chi connectivity index (χ1) is 5.99. The van der Waals surface area contributed by atoms with E-state index in [2.05, 4.69) is 5.32 Å². The van der Waals surface area contributed by atoms with Crippen LogP contribution in [0.2, 0.25) is 0 Å². The number of hydrogen-bond donors (Lipinski definition) is 3. The van der Waals surface area contributed by atoms with Crippen LogP contribution in [0.5, 0.6) is 0 Å². The zero-order chi connectivity index (χ0) is 10.5. The maximum atomic E-state index is 11.4. The molecule has 5 N–H and O–H groups in total. The Morgan fingerprint density at radius 2 is 1.86 bits per heavy atom. The highest BCUT2D eigenvalue weighted by Crippen LogP contribution is 2.06. The van der Waals surface area contributed by atoms with Gasteiger partial charge in [0.2, 0.25) is 5.91 Å². The third kappa shape index (κ3) is 4.55. The molecule has 14 heavy (non-hydrogen) atoms. The monoisotopic (exact) mass is 207 g/mol. The fourth-order valence-electron chi connectivity index (χ4n) is 0.735. The van der Waals surface area contributed by atoms with Crippen molar-refractivity contribution in [3.05, 3.63) is 0 Å². The average molecular weight is 207 g/mol. The van der Waals surface area contributed by atoms with Gasteiger partial charge in [-0.2, -0.15) is 0 Å². The molecule has 0 radical (unpaired) electrons. The third-order valence-corrected chi connectivity index (χ3v) is 2.18. The molecule has 0 aromatic carbocycles. The highest BCUT2D eigenvalue weighted by atomic mass is 16.3. The zero-order valence-corrected chi connectivity index (χ0v) is 9.00. The molecule has 1 atom stereocenters. The van der Waals surface area contributed by atoms with Crippen LogP contribution < -0.4 is 5.32 Å². The van der Waals surface area contributed by atoms with Gasteiger partial charge in [0.15, 0.2) is 0 Å². The molecule has 1 amide bonds. The Labute approximate surface area is 84.4 Å². The summed E-state index contributed by atoms with van der Waals surface area (Å²) in [4.78, 5) is 11.4. The molecule has 0 spiro atoms. The highest BCUT2D eigenvalue weighted by Gasteiger charge is 2.26. The van der Waals surface area contributed by atoms with Gasteiger partial charge in [-0.3, -0.25) is 4.79 Å². The Morgan fingerprint density at radius 3 is 2.14 bits per heavy atom. The third-order valence-electron chi connectivity index (χ3n) is 2.18. The predicted molar refractivity (Wildman–Crippen MR) is 53.8 cm³/mol. The smallest absolute Gasteiger partial charge is 0.223 e. The Kier molecular flexibility index (Phi) is 7.62. The topological polar surface area (TPSA) is 101 Å². The van der Waals surface area contributed by atoms with Gasteiger partial charge in [-0.25, -0.2) is 0 Å². The van der Waals surface area contributed by atoms with E-state index in [4.69, 9.17) is 10.2 Å². The molecule has 0 aliphatic carbocycles. The second-order valence-electron chi connectivity index (χ2n) is 3.68. The first kappa shape index (κ1) is 15.8. The standard InChI is InChI=1S/C9H19NO3.H2O/c1-4-7(2)8(13)10-9(3,5-11)6-12;/h7,11-12H,4-6H2,1-3H3,(H,10,13);1H2. The molecule has 0 aliphatic rings. The largest absolute Gasteiger partial charge is 0.412 e. The van der Waals surface area contributed by atoms with Gasteiger partial charge < -0.3 is 21.0 Å². The van der Waals surface area contributed by atoms with Crippen molar-refractivity contribution in [1.82, 2.24) is 5.32 Å². The molecule has 0 saturated heterocycles. The molecular weight excluding hydrogens is 186 g/mol. The van der Waals surface area contributed by atoms with E-state index in [0.717, 1.165) is 6.42 Å². The number of carbonyl (C=O) groups excluding carboxylic acids is 1. The molecule has 1 unspecified atom stereocenters. The van der Waals surface area contributed by atoms with Crippen LogP contribution in [0.1, 0.15) is 27.2 Å². The summed E-state index contributed by atoms with van der Waals surface area (Å²) in [7, 11) is 0. The fourth-order valence-corrected chi connectivity index (χ4v) is 0.735. The minimum atomic E-state index is -0.902.